The number of benzene rings is 2. The van der Waals surface area contributed by atoms with E-state index in [0.717, 1.165) is 30.3 Å². The van der Waals surface area contributed by atoms with Crippen molar-refractivity contribution in [1.82, 2.24) is 0 Å². The van der Waals surface area contributed by atoms with Gasteiger partial charge in [-0.3, -0.25) is 4.79 Å². The van der Waals surface area contributed by atoms with Gasteiger partial charge in [-0.25, -0.2) is 18.4 Å². The van der Waals surface area contributed by atoms with Crippen LogP contribution in [0.2, 0.25) is 0 Å². The summed E-state index contributed by atoms with van der Waals surface area (Å²) in [5, 5.41) is 8.98. The third kappa shape index (κ3) is 5.68. The molecule has 4 rings (SSSR count). The number of primary sulfonamides is 1. The van der Waals surface area contributed by atoms with Crippen LogP contribution < -0.4 is 10.1 Å². The van der Waals surface area contributed by atoms with Crippen LogP contribution >= 0.6 is 0 Å². The summed E-state index contributed by atoms with van der Waals surface area (Å²) in [6.07, 6.45) is -4.33. The monoisotopic (exact) mass is 547 g/mol. The first-order valence-corrected chi connectivity index (χ1v) is 12.5. The molecule has 0 aliphatic carbocycles. The molecule has 1 aromatic heterocycles. The summed E-state index contributed by atoms with van der Waals surface area (Å²) in [5.41, 5.74) is -1.45. The summed E-state index contributed by atoms with van der Waals surface area (Å²) in [5.74, 6) is -1.35. The topological polar surface area (TPSA) is 132 Å². The van der Waals surface area contributed by atoms with Crippen molar-refractivity contribution in [2.24, 2.45) is 10.2 Å². The lowest BCUT2D eigenvalue weighted by atomic mass is 10.1. The quantitative estimate of drug-likeness (QED) is 0.357. The molecule has 0 saturated carbocycles. The predicted molar refractivity (Wildman–Crippen MR) is 131 cm³/mol. The molecule has 0 atom stereocenters. The van der Waals surface area contributed by atoms with E-state index >= 15 is 0 Å². The maximum absolute atomic E-state index is 13.7. The number of hydrogen-bond donors (Lipinski definition) is 1. The molecule has 2 heterocycles. The number of hydrogen-bond acceptors (Lipinski definition) is 7. The first-order valence-electron chi connectivity index (χ1n) is 11.0. The van der Waals surface area contributed by atoms with Gasteiger partial charge in [0.15, 0.2) is 5.71 Å². The lowest BCUT2D eigenvalue weighted by molar-refractivity contribution is -0.114. The minimum absolute atomic E-state index is 0.0463. The maximum atomic E-state index is 13.7. The van der Waals surface area contributed by atoms with Gasteiger partial charge in [0, 0.05) is 5.56 Å². The van der Waals surface area contributed by atoms with E-state index in [-0.39, 0.29) is 28.2 Å². The third-order valence-electron chi connectivity index (χ3n) is 5.22. The molecule has 1 amide bonds. The van der Waals surface area contributed by atoms with Crippen LogP contribution in [0, 0.1) is 0 Å². The number of carbonyl (C=O) groups is 2. The van der Waals surface area contributed by atoms with Crippen LogP contribution in [0.25, 0.3) is 17.4 Å². The molecule has 0 unspecified atom stereocenters. The Labute approximate surface area is 215 Å². The van der Waals surface area contributed by atoms with E-state index in [1.807, 2.05) is 0 Å². The zero-order chi connectivity index (χ0) is 27.8. The number of alkyl halides is 3. The SMILES string of the molecule is CC(C)OC(=O)c1ccc(-c2ccc(C=C3C(=O)N(c4ccc(S(N)(=O)=O)cc4)N=C3C(F)(F)F)o2)cc1. The normalized spacial score (nSPS) is 15.3. The zero-order valence-electron chi connectivity index (χ0n) is 19.9. The van der Waals surface area contributed by atoms with Gasteiger partial charge in [0.2, 0.25) is 10.0 Å². The van der Waals surface area contributed by atoms with Crippen molar-refractivity contribution in [1.29, 1.82) is 0 Å². The number of furan rings is 1. The van der Waals surface area contributed by atoms with E-state index in [2.05, 4.69) is 5.10 Å². The fraction of sp³-hybridized carbons (Fsp3) is 0.160. The smallest absolute Gasteiger partial charge is 0.435 e. The standard InChI is InChI=1S/C25H20F3N3O6S/c1-14(2)36-24(33)16-5-3-15(4-6-16)21-12-9-18(37-21)13-20-22(25(26,27)28)30-31(23(20)32)17-7-10-19(11-8-17)38(29,34)35/h3-14H,1-2H3,(H2,29,34,35). The Morgan fingerprint density at radius 3 is 2.24 bits per heavy atom. The van der Waals surface area contributed by atoms with E-state index in [4.69, 9.17) is 14.3 Å². The van der Waals surface area contributed by atoms with Crippen molar-refractivity contribution >= 4 is 39.4 Å². The van der Waals surface area contributed by atoms with Crippen LogP contribution in [0.15, 0.2) is 80.7 Å². The van der Waals surface area contributed by atoms with Gasteiger partial charge >= 0.3 is 12.1 Å². The summed E-state index contributed by atoms with van der Waals surface area (Å²) in [6.45, 7) is 3.44. The molecule has 1 aliphatic heterocycles. The average molecular weight is 548 g/mol. The largest absolute Gasteiger partial charge is 0.459 e. The second-order valence-corrected chi connectivity index (χ2v) is 9.96. The van der Waals surface area contributed by atoms with E-state index in [9.17, 15) is 31.2 Å². The molecule has 0 radical (unpaired) electrons. The molecule has 13 heteroatoms. The number of ether oxygens (including phenoxy) is 1. The third-order valence-corrected chi connectivity index (χ3v) is 6.15. The highest BCUT2D eigenvalue weighted by molar-refractivity contribution is 7.89. The van der Waals surface area contributed by atoms with Crippen LogP contribution in [0.1, 0.15) is 30.0 Å². The molecule has 198 valence electrons. The predicted octanol–water partition coefficient (Wildman–Crippen LogP) is 4.51. The number of esters is 1. The van der Waals surface area contributed by atoms with Crippen LogP contribution in [0.4, 0.5) is 18.9 Å². The minimum atomic E-state index is -4.97. The van der Waals surface area contributed by atoms with E-state index in [1.54, 1.807) is 26.0 Å². The molecular formula is C25H20F3N3O6S. The lowest BCUT2D eigenvalue weighted by Crippen LogP contribution is -2.25. The molecule has 3 aromatic rings. The second-order valence-electron chi connectivity index (χ2n) is 8.39. The van der Waals surface area contributed by atoms with Gasteiger partial charge in [-0.1, -0.05) is 12.1 Å². The van der Waals surface area contributed by atoms with Crippen molar-refractivity contribution in [3.8, 4) is 11.3 Å². The van der Waals surface area contributed by atoms with Crippen molar-refractivity contribution in [3.05, 3.63) is 77.6 Å². The van der Waals surface area contributed by atoms with Gasteiger partial charge < -0.3 is 9.15 Å². The zero-order valence-corrected chi connectivity index (χ0v) is 20.7. The van der Waals surface area contributed by atoms with Gasteiger partial charge in [0.25, 0.3) is 5.91 Å². The van der Waals surface area contributed by atoms with Crippen LogP contribution in [-0.2, 0) is 19.6 Å². The summed E-state index contributed by atoms with van der Waals surface area (Å²) < 4.78 is 74.8. The van der Waals surface area contributed by atoms with Crippen molar-refractivity contribution in [3.63, 3.8) is 0 Å². The molecule has 38 heavy (non-hydrogen) atoms. The van der Waals surface area contributed by atoms with Gasteiger partial charge in [0.1, 0.15) is 11.5 Å². The fourth-order valence-corrected chi connectivity index (χ4v) is 4.00. The molecule has 2 aromatic carbocycles. The van der Waals surface area contributed by atoms with Crippen molar-refractivity contribution in [2.45, 2.75) is 31.0 Å². The highest BCUT2D eigenvalue weighted by Gasteiger charge is 2.47. The Balaban J connectivity index is 1.62. The van der Waals surface area contributed by atoms with Crippen molar-refractivity contribution < 1.29 is 40.3 Å². The number of nitrogens with zero attached hydrogens (tertiary/aromatic N) is 2. The average Bonchev–Trinajstić information content (AvgIpc) is 3.43. The lowest BCUT2D eigenvalue weighted by Gasteiger charge is -2.11. The van der Waals surface area contributed by atoms with E-state index in [0.29, 0.717) is 16.1 Å². The minimum Gasteiger partial charge on any atom is -0.459 e. The molecule has 0 saturated heterocycles. The van der Waals surface area contributed by atoms with Crippen LogP contribution in [0.3, 0.4) is 0 Å². The number of carbonyl (C=O) groups excluding carboxylic acids is 2. The van der Waals surface area contributed by atoms with E-state index < -0.39 is 39.4 Å². The molecule has 2 N–H and O–H groups in total. The summed E-state index contributed by atoms with van der Waals surface area (Å²) in [7, 11) is -4.04. The molecule has 0 fully saturated rings. The van der Waals surface area contributed by atoms with Gasteiger partial charge in [-0.15, -0.1) is 0 Å². The Morgan fingerprint density at radius 2 is 1.68 bits per heavy atom. The Bertz CT molecular complexity index is 1550. The number of sulfonamides is 1. The summed E-state index contributed by atoms with van der Waals surface area (Å²) in [6, 6.07) is 13.4. The Kier molecular flexibility index (Phi) is 7.00. The molecular weight excluding hydrogens is 527 g/mol. The Morgan fingerprint density at radius 1 is 1.05 bits per heavy atom. The molecule has 9 nitrogen and oxygen atoms in total. The van der Waals surface area contributed by atoms with Crippen molar-refractivity contribution in [2.75, 3.05) is 5.01 Å². The summed E-state index contributed by atoms with van der Waals surface area (Å²) in [4.78, 5) is 24.6. The highest BCUT2D eigenvalue weighted by atomic mass is 32.2. The first-order chi connectivity index (χ1) is 17.7. The number of amides is 1. The van der Waals surface area contributed by atoms with Crippen LogP contribution in [-0.4, -0.2) is 38.3 Å². The van der Waals surface area contributed by atoms with E-state index in [1.165, 1.54) is 24.3 Å². The number of hydrazone groups is 1. The van der Waals surface area contributed by atoms with Gasteiger partial charge in [-0.2, -0.15) is 23.3 Å². The number of nitrogens with two attached hydrogens (primary N) is 1. The number of anilines is 1. The maximum Gasteiger partial charge on any atom is 0.435 e. The first kappa shape index (κ1) is 26.8. The van der Waals surface area contributed by atoms with Crippen LogP contribution in [0.5, 0.6) is 0 Å². The molecule has 1 aliphatic rings. The fourth-order valence-electron chi connectivity index (χ4n) is 3.49. The summed E-state index contributed by atoms with van der Waals surface area (Å²) >= 11 is 0. The van der Waals surface area contributed by atoms with Gasteiger partial charge in [0.05, 0.1) is 27.8 Å². The number of halogens is 3. The highest BCUT2D eigenvalue weighted by Crippen LogP contribution is 2.34. The molecule has 0 spiro atoms. The second kappa shape index (κ2) is 9.91. The Hall–Kier alpha value is -4.23. The number of rotatable bonds is 6. The van der Waals surface area contributed by atoms with Gasteiger partial charge in [-0.05, 0) is 68.5 Å². The molecule has 0 bridgehead atoms.